The number of hydrogen-bond acceptors (Lipinski definition) is 4. The van der Waals surface area contributed by atoms with E-state index in [0.717, 1.165) is 33.2 Å². The van der Waals surface area contributed by atoms with Gasteiger partial charge in [0.25, 0.3) is 5.91 Å². The molecule has 5 nitrogen and oxygen atoms in total. The van der Waals surface area contributed by atoms with Crippen LogP contribution in [0.25, 0.3) is 10.8 Å². The first-order chi connectivity index (χ1) is 14.3. The summed E-state index contributed by atoms with van der Waals surface area (Å²) in [5.74, 6) is -0.501. The normalized spacial score (nSPS) is 12.8. The quantitative estimate of drug-likeness (QED) is 0.577. The van der Waals surface area contributed by atoms with Crippen molar-refractivity contribution >= 4 is 28.3 Å². The van der Waals surface area contributed by atoms with Crippen molar-refractivity contribution in [3.8, 4) is 5.75 Å². The molecule has 30 heavy (non-hydrogen) atoms. The van der Waals surface area contributed by atoms with Crippen LogP contribution in [0.3, 0.4) is 0 Å². The van der Waals surface area contributed by atoms with Gasteiger partial charge in [-0.2, -0.15) is 0 Å². The molecule has 3 rings (SSSR count). The van der Waals surface area contributed by atoms with E-state index in [0.29, 0.717) is 5.69 Å². The SMILES string of the molecule is COc1ccc2cc([C@H](C)C(=O)O[C@H](C)C(=O)Nc3ccc(C)cc3C)ccc2c1. The first kappa shape index (κ1) is 21.4. The molecule has 0 saturated carbocycles. The van der Waals surface area contributed by atoms with Gasteiger partial charge < -0.3 is 14.8 Å². The molecular weight excluding hydrogens is 378 g/mol. The van der Waals surface area contributed by atoms with Gasteiger partial charge in [-0.25, -0.2) is 0 Å². The van der Waals surface area contributed by atoms with Crippen molar-refractivity contribution in [3.05, 3.63) is 71.3 Å². The summed E-state index contributed by atoms with van der Waals surface area (Å²) in [5, 5.41) is 4.86. The molecule has 0 aromatic heterocycles. The molecule has 0 unspecified atom stereocenters. The molecule has 2 atom stereocenters. The number of ether oxygens (including phenoxy) is 2. The largest absolute Gasteiger partial charge is 0.497 e. The number of esters is 1. The Morgan fingerprint density at radius 2 is 1.60 bits per heavy atom. The Labute approximate surface area is 177 Å². The maximum atomic E-state index is 12.6. The third-order valence-electron chi connectivity index (χ3n) is 5.23. The first-order valence-corrected chi connectivity index (χ1v) is 9.95. The molecule has 0 radical (unpaired) electrons. The van der Waals surface area contributed by atoms with E-state index in [2.05, 4.69) is 5.32 Å². The Balaban J connectivity index is 1.66. The van der Waals surface area contributed by atoms with Crippen molar-refractivity contribution in [2.45, 2.75) is 39.7 Å². The summed E-state index contributed by atoms with van der Waals surface area (Å²) in [6.45, 7) is 7.28. The summed E-state index contributed by atoms with van der Waals surface area (Å²) in [7, 11) is 1.63. The van der Waals surface area contributed by atoms with Crippen molar-refractivity contribution in [2.75, 3.05) is 12.4 Å². The van der Waals surface area contributed by atoms with E-state index in [1.54, 1.807) is 21.0 Å². The lowest BCUT2D eigenvalue weighted by molar-refractivity contribution is -0.154. The fourth-order valence-electron chi connectivity index (χ4n) is 3.29. The topological polar surface area (TPSA) is 64.6 Å². The summed E-state index contributed by atoms with van der Waals surface area (Å²) in [4.78, 5) is 25.1. The zero-order chi connectivity index (χ0) is 21.8. The summed E-state index contributed by atoms with van der Waals surface area (Å²) in [6.07, 6.45) is -0.898. The van der Waals surface area contributed by atoms with E-state index >= 15 is 0 Å². The van der Waals surface area contributed by atoms with Crippen molar-refractivity contribution in [2.24, 2.45) is 0 Å². The van der Waals surface area contributed by atoms with Gasteiger partial charge in [-0.15, -0.1) is 0 Å². The molecule has 0 spiro atoms. The maximum absolute atomic E-state index is 12.6. The maximum Gasteiger partial charge on any atom is 0.313 e. The molecule has 0 fully saturated rings. The highest BCUT2D eigenvalue weighted by Gasteiger charge is 2.23. The lowest BCUT2D eigenvalue weighted by Crippen LogP contribution is -2.31. The summed E-state index contributed by atoms with van der Waals surface area (Å²) in [6, 6.07) is 17.4. The standard InChI is InChI=1S/C25H27NO4/c1-15-6-11-23(16(2)12-15)26-24(27)18(4)30-25(28)17(3)19-7-8-21-14-22(29-5)10-9-20(21)13-19/h6-14,17-18H,1-5H3,(H,26,27)/t17-,18+/m0/s1. The number of anilines is 1. The number of nitrogens with one attached hydrogen (secondary N) is 1. The highest BCUT2D eigenvalue weighted by molar-refractivity contribution is 5.96. The minimum atomic E-state index is -0.898. The second-order valence-electron chi connectivity index (χ2n) is 7.58. The van der Waals surface area contributed by atoms with Gasteiger partial charge in [0.2, 0.25) is 0 Å². The van der Waals surface area contributed by atoms with E-state index in [1.165, 1.54) is 0 Å². The second kappa shape index (κ2) is 8.99. The molecule has 3 aromatic carbocycles. The highest BCUT2D eigenvalue weighted by atomic mass is 16.5. The first-order valence-electron chi connectivity index (χ1n) is 9.95. The van der Waals surface area contributed by atoms with Crippen molar-refractivity contribution in [1.29, 1.82) is 0 Å². The van der Waals surface area contributed by atoms with Crippen LogP contribution in [0.4, 0.5) is 5.69 Å². The lowest BCUT2D eigenvalue weighted by atomic mass is 9.98. The molecule has 0 aliphatic rings. The number of methoxy groups -OCH3 is 1. The Morgan fingerprint density at radius 1 is 0.900 bits per heavy atom. The van der Waals surface area contributed by atoms with Gasteiger partial charge in [0.15, 0.2) is 6.10 Å². The van der Waals surface area contributed by atoms with Gasteiger partial charge in [-0.1, -0.05) is 42.0 Å². The predicted molar refractivity (Wildman–Crippen MR) is 119 cm³/mol. The van der Waals surface area contributed by atoms with Crippen LogP contribution in [-0.4, -0.2) is 25.1 Å². The molecule has 0 aliphatic carbocycles. The zero-order valence-corrected chi connectivity index (χ0v) is 18.0. The van der Waals surface area contributed by atoms with E-state index in [1.807, 2.05) is 68.4 Å². The fourth-order valence-corrected chi connectivity index (χ4v) is 3.29. The molecule has 3 aromatic rings. The third kappa shape index (κ3) is 4.79. The van der Waals surface area contributed by atoms with Crippen LogP contribution in [0.2, 0.25) is 0 Å². The predicted octanol–water partition coefficient (Wildman–Crippen LogP) is 5.14. The zero-order valence-electron chi connectivity index (χ0n) is 18.0. The minimum Gasteiger partial charge on any atom is -0.497 e. The van der Waals surface area contributed by atoms with Crippen LogP contribution in [0, 0.1) is 13.8 Å². The van der Waals surface area contributed by atoms with E-state index in [9.17, 15) is 9.59 Å². The summed E-state index contributed by atoms with van der Waals surface area (Å²) >= 11 is 0. The Bertz CT molecular complexity index is 1090. The molecule has 0 saturated heterocycles. The monoisotopic (exact) mass is 405 g/mol. The van der Waals surface area contributed by atoms with Gasteiger partial charge >= 0.3 is 5.97 Å². The Morgan fingerprint density at radius 3 is 2.30 bits per heavy atom. The van der Waals surface area contributed by atoms with E-state index < -0.39 is 18.0 Å². The molecule has 0 heterocycles. The van der Waals surface area contributed by atoms with Crippen molar-refractivity contribution < 1.29 is 19.1 Å². The van der Waals surface area contributed by atoms with Crippen LogP contribution in [0.1, 0.15) is 36.5 Å². The number of hydrogen-bond donors (Lipinski definition) is 1. The van der Waals surface area contributed by atoms with Crippen molar-refractivity contribution in [3.63, 3.8) is 0 Å². The molecule has 5 heteroatoms. The molecule has 156 valence electrons. The van der Waals surface area contributed by atoms with E-state index in [-0.39, 0.29) is 5.91 Å². The van der Waals surface area contributed by atoms with E-state index in [4.69, 9.17) is 9.47 Å². The van der Waals surface area contributed by atoms with Gasteiger partial charge in [0.05, 0.1) is 13.0 Å². The van der Waals surface area contributed by atoms with Crippen LogP contribution in [0.5, 0.6) is 5.75 Å². The molecule has 1 N–H and O–H groups in total. The van der Waals surface area contributed by atoms with Crippen LogP contribution in [0.15, 0.2) is 54.6 Å². The Kier molecular flexibility index (Phi) is 6.40. The number of carbonyl (C=O) groups is 2. The average molecular weight is 405 g/mol. The number of benzene rings is 3. The van der Waals surface area contributed by atoms with Crippen molar-refractivity contribution in [1.82, 2.24) is 0 Å². The molecule has 1 amide bonds. The second-order valence-corrected chi connectivity index (χ2v) is 7.58. The van der Waals surface area contributed by atoms with Crippen LogP contribution >= 0.6 is 0 Å². The number of aryl methyl sites for hydroxylation is 2. The number of carbonyl (C=O) groups excluding carboxylic acids is 2. The number of amides is 1. The minimum absolute atomic E-state index is 0.354. The smallest absolute Gasteiger partial charge is 0.313 e. The number of rotatable bonds is 6. The average Bonchev–Trinajstić information content (AvgIpc) is 2.74. The van der Waals surface area contributed by atoms with Gasteiger partial charge in [-0.05, 0) is 67.8 Å². The van der Waals surface area contributed by atoms with Crippen LogP contribution in [-0.2, 0) is 14.3 Å². The highest BCUT2D eigenvalue weighted by Crippen LogP contribution is 2.26. The lowest BCUT2D eigenvalue weighted by Gasteiger charge is -2.18. The van der Waals surface area contributed by atoms with Gasteiger partial charge in [0.1, 0.15) is 5.75 Å². The Hall–Kier alpha value is -3.34. The molecule has 0 aliphatic heterocycles. The van der Waals surface area contributed by atoms with Crippen LogP contribution < -0.4 is 10.1 Å². The summed E-state index contributed by atoms with van der Waals surface area (Å²) < 4.78 is 10.7. The summed E-state index contributed by atoms with van der Waals surface area (Å²) in [5.41, 5.74) is 3.63. The molecular formula is C25H27NO4. The van der Waals surface area contributed by atoms with Gasteiger partial charge in [-0.3, -0.25) is 9.59 Å². The molecule has 0 bridgehead atoms. The number of fused-ring (bicyclic) bond motifs is 1. The fraction of sp³-hybridized carbons (Fsp3) is 0.280. The third-order valence-corrected chi connectivity index (χ3v) is 5.23. The van der Waals surface area contributed by atoms with Gasteiger partial charge in [0, 0.05) is 5.69 Å².